The van der Waals surface area contributed by atoms with Gasteiger partial charge in [0.1, 0.15) is 11.4 Å². The van der Waals surface area contributed by atoms with E-state index < -0.39 is 0 Å². The van der Waals surface area contributed by atoms with Crippen molar-refractivity contribution in [2.45, 2.75) is 66.7 Å². The van der Waals surface area contributed by atoms with E-state index in [2.05, 4.69) is 52.8 Å². The number of azo groups is 1. The molecule has 0 fully saturated rings. The molecule has 0 aliphatic heterocycles. The Balaban J connectivity index is 1.76. The summed E-state index contributed by atoms with van der Waals surface area (Å²) >= 11 is 0. The molecule has 0 saturated heterocycles. The van der Waals surface area contributed by atoms with E-state index in [4.69, 9.17) is 15.0 Å². The largest absolute Gasteiger partial charge is 0.494 e. The molecule has 0 bridgehead atoms. The van der Waals surface area contributed by atoms with Gasteiger partial charge in [-0.2, -0.15) is 5.11 Å². The van der Waals surface area contributed by atoms with E-state index in [1.165, 1.54) is 34.2 Å². The lowest BCUT2D eigenvalue weighted by Crippen LogP contribution is -2.21. The van der Waals surface area contributed by atoms with Gasteiger partial charge in [0.2, 0.25) is 0 Å². The minimum atomic E-state index is 0.662. The zero-order chi connectivity index (χ0) is 20.7. The predicted molar refractivity (Wildman–Crippen MR) is 120 cm³/mol. The molecule has 3 atom stereocenters. The van der Waals surface area contributed by atoms with Gasteiger partial charge in [-0.25, -0.2) is 0 Å². The number of methoxy groups -OCH3 is 1. The van der Waals surface area contributed by atoms with Crippen molar-refractivity contribution < 1.29 is 4.74 Å². The van der Waals surface area contributed by atoms with Gasteiger partial charge in [0.05, 0.1) is 12.8 Å². The normalized spacial score (nSPS) is 23.7. The first kappa shape index (κ1) is 20.1. The van der Waals surface area contributed by atoms with E-state index in [-0.39, 0.29) is 0 Å². The molecule has 2 aromatic rings. The predicted octanol–water partition coefficient (Wildman–Crippen LogP) is 7.22. The summed E-state index contributed by atoms with van der Waals surface area (Å²) in [6, 6.07) is 6.64. The van der Waals surface area contributed by atoms with Crippen molar-refractivity contribution in [1.29, 1.82) is 0 Å². The summed E-state index contributed by atoms with van der Waals surface area (Å²) in [6.07, 6.45) is 5.70. The molecule has 2 aliphatic carbocycles. The van der Waals surface area contributed by atoms with Crippen LogP contribution in [0.15, 0.2) is 28.4 Å². The molecule has 2 aromatic carbocycles. The highest BCUT2D eigenvalue weighted by atomic mass is 16.5. The van der Waals surface area contributed by atoms with Crippen LogP contribution >= 0.6 is 0 Å². The molecular formula is C26H34N2O. The van der Waals surface area contributed by atoms with Crippen molar-refractivity contribution in [1.82, 2.24) is 0 Å². The van der Waals surface area contributed by atoms with Gasteiger partial charge in [-0.1, -0.05) is 32.9 Å². The quantitative estimate of drug-likeness (QED) is 0.509. The third kappa shape index (κ3) is 3.72. The monoisotopic (exact) mass is 390 g/mol. The maximum absolute atomic E-state index is 5.89. The molecule has 0 saturated carbocycles. The maximum Gasteiger partial charge on any atom is 0.150 e. The van der Waals surface area contributed by atoms with Gasteiger partial charge in [-0.15, -0.1) is 5.11 Å². The smallest absolute Gasteiger partial charge is 0.150 e. The van der Waals surface area contributed by atoms with Crippen molar-refractivity contribution in [3.63, 3.8) is 0 Å². The first-order chi connectivity index (χ1) is 13.9. The fraction of sp³-hybridized carbons (Fsp3) is 0.538. The van der Waals surface area contributed by atoms with Crippen molar-refractivity contribution in [3.8, 4) is 5.75 Å². The molecule has 4 rings (SSSR count). The van der Waals surface area contributed by atoms with Crippen LogP contribution < -0.4 is 4.74 Å². The Labute approximate surface area is 175 Å². The van der Waals surface area contributed by atoms with Crippen molar-refractivity contribution >= 4 is 11.4 Å². The number of ether oxygens (including phenoxy) is 1. The Bertz CT molecular complexity index is 960. The molecule has 3 heteroatoms. The molecule has 0 aromatic heterocycles. The van der Waals surface area contributed by atoms with Crippen LogP contribution in [0.4, 0.5) is 11.4 Å². The van der Waals surface area contributed by atoms with Crippen LogP contribution in [0.1, 0.15) is 60.6 Å². The van der Waals surface area contributed by atoms with Crippen LogP contribution in [-0.4, -0.2) is 7.11 Å². The molecule has 3 unspecified atom stereocenters. The maximum atomic E-state index is 5.89. The first-order valence-corrected chi connectivity index (χ1v) is 11.1. The van der Waals surface area contributed by atoms with Crippen LogP contribution in [0.3, 0.4) is 0 Å². The van der Waals surface area contributed by atoms with Gasteiger partial charge in [0, 0.05) is 0 Å². The summed E-state index contributed by atoms with van der Waals surface area (Å²) in [4.78, 5) is 0. The molecule has 2 aliphatic rings. The second-order valence-corrected chi connectivity index (χ2v) is 9.48. The molecule has 3 nitrogen and oxygen atoms in total. The van der Waals surface area contributed by atoms with E-state index in [0.29, 0.717) is 17.8 Å². The van der Waals surface area contributed by atoms with Crippen LogP contribution in [0.25, 0.3) is 0 Å². The van der Waals surface area contributed by atoms with Crippen LogP contribution in [0.5, 0.6) is 5.75 Å². The fourth-order valence-electron chi connectivity index (χ4n) is 5.12. The molecule has 0 radical (unpaired) electrons. The van der Waals surface area contributed by atoms with E-state index in [1.54, 1.807) is 7.11 Å². The Hall–Kier alpha value is -2.16. The van der Waals surface area contributed by atoms with E-state index in [1.807, 2.05) is 0 Å². The second-order valence-electron chi connectivity index (χ2n) is 9.48. The highest BCUT2D eigenvalue weighted by Crippen LogP contribution is 2.44. The number of nitrogens with zero attached hydrogens (tertiary/aromatic N) is 2. The summed E-state index contributed by atoms with van der Waals surface area (Å²) in [5.74, 6) is 3.01. The third-order valence-electron chi connectivity index (χ3n) is 7.22. The van der Waals surface area contributed by atoms with Gasteiger partial charge in [0.25, 0.3) is 0 Å². The van der Waals surface area contributed by atoms with E-state index >= 15 is 0 Å². The highest BCUT2D eigenvalue weighted by Gasteiger charge is 2.27. The Morgan fingerprint density at radius 1 is 0.862 bits per heavy atom. The molecule has 0 heterocycles. The molecule has 154 valence electrons. The molecule has 0 spiro atoms. The van der Waals surface area contributed by atoms with Crippen molar-refractivity contribution in [2.75, 3.05) is 7.11 Å². The average Bonchev–Trinajstić information content (AvgIpc) is 2.69. The van der Waals surface area contributed by atoms with Gasteiger partial charge in [-0.05, 0) is 103 Å². The minimum Gasteiger partial charge on any atom is -0.494 e. The number of rotatable bonds is 3. The SMILES string of the molecule is COc1c2c(cc(C)c1N=Nc1ccc(C)c3c1CC(C)CC3)CC(C)C(C)C2. The van der Waals surface area contributed by atoms with E-state index in [0.717, 1.165) is 48.4 Å². The highest BCUT2D eigenvalue weighted by molar-refractivity contribution is 5.64. The van der Waals surface area contributed by atoms with Crippen molar-refractivity contribution in [3.05, 3.63) is 51.6 Å². The fourth-order valence-corrected chi connectivity index (χ4v) is 5.12. The van der Waals surface area contributed by atoms with Gasteiger partial charge >= 0.3 is 0 Å². The molecular weight excluding hydrogens is 356 g/mol. The van der Waals surface area contributed by atoms with E-state index in [9.17, 15) is 0 Å². The first-order valence-electron chi connectivity index (χ1n) is 11.1. The zero-order valence-electron chi connectivity index (χ0n) is 18.8. The number of hydrogen-bond acceptors (Lipinski definition) is 3. The lowest BCUT2D eigenvalue weighted by atomic mass is 9.76. The van der Waals surface area contributed by atoms with Crippen LogP contribution in [-0.2, 0) is 25.7 Å². The second kappa shape index (κ2) is 7.93. The third-order valence-corrected chi connectivity index (χ3v) is 7.22. The summed E-state index contributed by atoms with van der Waals surface area (Å²) in [5, 5.41) is 9.52. The number of aryl methyl sites for hydroxylation is 2. The standard InChI is InChI=1S/C26H34N2O/c1-15-7-9-21-16(2)8-10-24(23(21)11-15)27-28-25-19(5)13-20-12-17(3)18(4)14-22(20)26(25)29-6/h8,10,13,15,17-18H,7,9,11-12,14H2,1-6H3. The number of fused-ring (bicyclic) bond motifs is 2. The van der Waals surface area contributed by atoms with Gasteiger partial charge in [-0.3, -0.25) is 0 Å². The van der Waals surface area contributed by atoms with Gasteiger partial charge < -0.3 is 4.74 Å². The summed E-state index contributed by atoms with van der Waals surface area (Å²) in [6.45, 7) is 11.4. The number of hydrogen-bond donors (Lipinski definition) is 0. The van der Waals surface area contributed by atoms with Crippen LogP contribution in [0, 0.1) is 31.6 Å². The Morgan fingerprint density at radius 3 is 2.38 bits per heavy atom. The topological polar surface area (TPSA) is 34.0 Å². The lowest BCUT2D eigenvalue weighted by molar-refractivity contribution is 0.345. The van der Waals surface area contributed by atoms with Gasteiger partial charge in [0.15, 0.2) is 0 Å². The Morgan fingerprint density at radius 2 is 1.62 bits per heavy atom. The van der Waals surface area contributed by atoms with Crippen LogP contribution in [0.2, 0.25) is 0 Å². The minimum absolute atomic E-state index is 0.662. The lowest BCUT2D eigenvalue weighted by Gasteiger charge is -2.30. The average molecular weight is 391 g/mol. The van der Waals surface area contributed by atoms with Crippen molar-refractivity contribution in [2.24, 2.45) is 28.0 Å². The summed E-state index contributed by atoms with van der Waals surface area (Å²) in [7, 11) is 1.77. The molecule has 0 N–H and O–H groups in total. The molecule has 29 heavy (non-hydrogen) atoms. The summed E-state index contributed by atoms with van der Waals surface area (Å²) < 4.78 is 5.89. The zero-order valence-corrected chi connectivity index (χ0v) is 18.8. The number of benzene rings is 2. The summed E-state index contributed by atoms with van der Waals surface area (Å²) in [5.41, 5.74) is 10.1. The Kier molecular flexibility index (Phi) is 5.50. The molecule has 0 amide bonds.